The summed E-state index contributed by atoms with van der Waals surface area (Å²) in [5.74, 6) is 0. The topological polar surface area (TPSA) is 0 Å². The summed E-state index contributed by atoms with van der Waals surface area (Å²) in [6.45, 7) is 10.6. The molecule has 0 aromatic rings. The molecule has 1 aliphatic heterocycles. The molecule has 0 radical (unpaired) electrons. The summed E-state index contributed by atoms with van der Waals surface area (Å²) in [5, 5.41) is 0. The van der Waals surface area contributed by atoms with Crippen molar-refractivity contribution in [1.29, 1.82) is 0 Å². The van der Waals surface area contributed by atoms with Gasteiger partial charge in [-0.2, -0.15) is 0 Å². The maximum Gasteiger partial charge on any atom is 0.0788 e. The molecule has 0 unspecified atom stereocenters. The van der Waals surface area contributed by atoms with Crippen molar-refractivity contribution in [3.05, 3.63) is 0 Å². The largest absolute Gasteiger partial charge is 0.324 e. The molecule has 33 heavy (non-hydrogen) atoms. The molecular weight excluding hydrogens is 398 g/mol. The van der Waals surface area contributed by atoms with Gasteiger partial charge in [0.05, 0.1) is 26.2 Å². The second kappa shape index (κ2) is 23.7. The molecule has 1 aliphatic rings. The highest BCUT2D eigenvalue weighted by molar-refractivity contribution is 4.58. The molecular formula is C32H66N+. The molecule has 1 fully saturated rings. The van der Waals surface area contributed by atoms with Crippen molar-refractivity contribution in [2.45, 2.75) is 181 Å². The molecule has 0 spiro atoms. The van der Waals surface area contributed by atoms with Crippen LogP contribution in [0.3, 0.4) is 0 Å². The van der Waals surface area contributed by atoms with E-state index in [1.807, 2.05) is 0 Å². The van der Waals surface area contributed by atoms with Crippen molar-refractivity contribution >= 4 is 0 Å². The van der Waals surface area contributed by atoms with Gasteiger partial charge in [-0.25, -0.2) is 0 Å². The third-order valence-corrected chi connectivity index (χ3v) is 8.49. The lowest BCUT2D eigenvalue weighted by atomic mass is 10.0. The second-order valence-electron chi connectivity index (χ2n) is 11.7. The first-order valence-electron chi connectivity index (χ1n) is 16.2. The molecule has 1 heterocycles. The van der Waals surface area contributed by atoms with E-state index in [1.54, 1.807) is 0 Å². The minimum atomic E-state index is 1.37. The van der Waals surface area contributed by atoms with Crippen LogP contribution < -0.4 is 0 Å². The first-order chi connectivity index (χ1) is 16.3. The number of rotatable bonds is 26. The molecule has 0 amide bonds. The van der Waals surface area contributed by atoms with Gasteiger partial charge in [-0.3, -0.25) is 0 Å². The Labute approximate surface area is 211 Å². The zero-order valence-electron chi connectivity index (χ0n) is 23.7. The Morgan fingerprint density at radius 3 is 0.848 bits per heavy atom. The maximum atomic E-state index is 2.31. The molecule has 1 heteroatoms. The summed E-state index contributed by atoms with van der Waals surface area (Å²) in [6.07, 6.45) is 38.4. The predicted molar refractivity (Wildman–Crippen MR) is 151 cm³/mol. The average Bonchev–Trinajstić information content (AvgIpc) is 3.29. The first-order valence-corrected chi connectivity index (χ1v) is 16.2. The summed E-state index contributed by atoms with van der Waals surface area (Å²) >= 11 is 0. The normalized spacial score (nSPS) is 15.5. The first kappa shape index (κ1) is 31.0. The van der Waals surface area contributed by atoms with E-state index in [4.69, 9.17) is 0 Å². The second-order valence-corrected chi connectivity index (χ2v) is 11.7. The van der Waals surface area contributed by atoms with Crippen LogP contribution in [0.4, 0.5) is 0 Å². The van der Waals surface area contributed by atoms with Gasteiger partial charge in [0, 0.05) is 12.8 Å². The van der Waals surface area contributed by atoms with E-state index in [9.17, 15) is 0 Å². The van der Waals surface area contributed by atoms with Crippen LogP contribution in [0.25, 0.3) is 0 Å². The van der Waals surface area contributed by atoms with Gasteiger partial charge in [-0.15, -0.1) is 0 Å². The number of quaternary nitrogens is 1. The van der Waals surface area contributed by atoms with Crippen molar-refractivity contribution in [3.8, 4) is 0 Å². The number of hydrogen-bond acceptors (Lipinski definition) is 0. The van der Waals surface area contributed by atoms with Gasteiger partial charge in [0.25, 0.3) is 0 Å². The SMILES string of the molecule is CCCCCCCCCCCCCC[N+]1(CCCCCCCCCCCCCC)CCCC1. The molecule has 1 saturated heterocycles. The highest BCUT2D eigenvalue weighted by Gasteiger charge is 2.30. The van der Waals surface area contributed by atoms with Crippen LogP contribution in [0.15, 0.2) is 0 Å². The van der Waals surface area contributed by atoms with Gasteiger partial charge in [-0.05, 0) is 25.7 Å². The average molecular weight is 465 g/mol. The molecule has 0 atom stereocenters. The van der Waals surface area contributed by atoms with E-state index in [-0.39, 0.29) is 0 Å². The fourth-order valence-corrected chi connectivity index (χ4v) is 6.14. The molecule has 1 nitrogen and oxygen atoms in total. The van der Waals surface area contributed by atoms with Crippen LogP contribution >= 0.6 is 0 Å². The maximum absolute atomic E-state index is 2.31. The number of nitrogens with zero attached hydrogens (tertiary/aromatic N) is 1. The van der Waals surface area contributed by atoms with E-state index in [1.165, 1.54) is 198 Å². The third kappa shape index (κ3) is 18.9. The zero-order valence-corrected chi connectivity index (χ0v) is 23.7. The molecule has 1 rings (SSSR count). The van der Waals surface area contributed by atoms with Gasteiger partial charge in [0.2, 0.25) is 0 Å². The van der Waals surface area contributed by atoms with Crippen molar-refractivity contribution in [2.24, 2.45) is 0 Å². The van der Waals surface area contributed by atoms with Gasteiger partial charge < -0.3 is 4.48 Å². The number of hydrogen-bond donors (Lipinski definition) is 0. The van der Waals surface area contributed by atoms with Gasteiger partial charge in [0.15, 0.2) is 0 Å². The Bertz CT molecular complexity index is 341. The van der Waals surface area contributed by atoms with Gasteiger partial charge in [-0.1, -0.05) is 142 Å². The monoisotopic (exact) mass is 465 g/mol. The lowest BCUT2D eigenvalue weighted by Crippen LogP contribution is -2.46. The third-order valence-electron chi connectivity index (χ3n) is 8.49. The van der Waals surface area contributed by atoms with E-state index in [2.05, 4.69) is 13.8 Å². The minimum absolute atomic E-state index is 1.37. The molecule has 0 saturated carbocycles. The zero-order chi connectivity index (χ0) is 23.7. The van der Waals surface area contributed by atoms with Crippen molar-refractivity contribution in [2.75, 3.05) is 26.2 Å². The summed E-state index contributed by atoms with van der Waals surface area (Å²) in [5.41, 5.74) is 0. The van der Waals surface area contributed by atoms with Crippen LogP contribution in [-0.2, 0) is 0 Å². The molecule has 0 N–H and O–H groups in total. The Kier molecular flexibility index (Phi) is 22.2. The lowest BCUT2D eigenvalue weighted by molar-refractivity contribution is -0.917. The smallest absolute Gasteiger partial charge is 0.0788 e. The van der Waals surface area contributed by atoms with Crippen molar-refractivity contribution in [1.82, 2.24) is 0 Å². The highest BCUT2D eigenvalue weighted by atomic mass is 15.4. The summed E-state index contributed by atoms with van der Waals surface area (Å²) < 4.78 is 1.50. The molecule has 0 aromatic heterocycles. The summed E-state index contributed by atoms with van der Waals surface area (Å²) in [6, 6.07) is 0. The Morgan fingerprint density at radius 1 is 0.333 bits per heavy atom. The van der Waals surface area contributed by atoms with Crippen LogP contribution in [0.5, 0.6) is 0 Å². The fraction of sp³-hybridized carbons (Fsp3) is 1.00. The highest BCUT2D eigenvalue weighted by Crippen LogP contribution is 2.23. The number of unbranched alkanes of at least 4 members (excludes halogenated alkanes) is 22. The predicted octanol–water partition coefficient (Wildman–Crippen LogP) is 11.0. The van der Waals surface area contributed by atoms with E-state index in [0.717, 1.165) is 0 Å². The van der Waals surface area contributed by atoms with Crippen LogP contribution in [0, 0.1) is 0 Å². The Balaban J connectivity index is 1.91. The van der Waals surface area contributed by atoms with E-state index < -0.39 is 0 Å². The van der Waals surface area contributed by atoms with E-state index >= 15 is 0 Å². The Morgan fingerprint density at radius 2 is 0.576 bits per heavy atom. The Hall–Kier alpha value is -0.0400. The minimum Gasteiger partial charge on any atom is -0.324 e. The fourth-order valence-electron chi connectivity index (χ4n) is 6.14. The van der Waals surface area contributed by atoms with Crippen molar-refractivity contribution < 1.29 is 4.48 Å². The lowest BCUT2D eigenvalue weighted by Gasteiger charge is -2.34. The quantitative estimate of drug-likeness (QED) is 0.0881. The molecule has 198 valence electrons. The van der Waals surface area contributed by atoms with E-state index in [0.29, 0.717) is 0 Å². The van der Waals surface area contributed by atoms with Crippen LogP contribution in [0.1, 0.15) is 181 Å². The van der Waals surface area contributed by atoms with Crippen LogP contribution in [0.2, 0.25) is 0 Å². The van der Waals surface area contributed by atoms with Crippen molar-refractivity contribution in [3.63, 3.8) is 0 Å². The summed E-state index contributed by atoms with van der Waals surface area (Å²) in [4.78, 5) is 0. The van der Waals surface area contributed by atoms with Gasteiger partial charge >= 0.3 is 0 Å². The molecule has 0 aliphatic carbocycles. The molecule has 0 bridgehead atoms. The number of likely N-dealkylation sites (tertiary alicyclic amines) is 1. The molecule has 0 aromatic carbocycles. The van der Waals surface area contributed by atoms with Gasteiger partial charge in [0.1, 0.15) is 0 Å². The summed E-state index contributed by atoms with van der Waals surface area (Å²) in [7, 11) is 0. The van der Waals surface area contributed by atoms with Crippen LogP contribution in [-0.4, -0.2) is 30.7 Å². The standard InChI is InChI=1S/C32H66N/c1-3-5-7-9-11-13-15-17-19-21-23-25-29-33(31-27-28-32-33)30-26-24-22-20-18-16-14-12-10-8-6-4-2/h3-32H2,1-2H3/q+1.